The van der Waals surface area contributed by atoms with Crippen LogP contribution in [0.15, 0.2) is 30.3 Å². The summed E-state index contributed by atoms with van der Waals surface area (Å²) in [6, 6.07) is 10.4. The van der Waals surface area contributed by atoms with Gasteiger partial charge in [-0.1, -0.05) is 25.1 Å². The van der Waals surface area contributed by atoms with Crippen molar-refractivity contribution >= 4 is 5.91 Å². The molecular formula is C21H28N4O. The first kappa shape index (κ1) is 17.3. The zero-order valence-electron chi connectivity index (χ0n) is 15.8. The Labute approximate surface area is 155 Å². The molecule has 1 fully saturated rings. The molecule has 1 aliphatic carbocycles. The molecule has 1 saturated carbocycles. The molecule has 1 amide bonds. The highest BCUT2D eigenvalue weighted by Crippen LogP contribution is 2.31. The predicted octanol–water partition coefficient (Wildman–Crippen LogP) is 3.01. The van der Waals surface area contributed by atoms with Crippen LogP contribution in [-0.2, 0) is 24.3 Å². The molecule has 4 rings (SSSR count). The van der Waals surface area contributed by atoms with Crippen molar-refractivity contribution in [3.05, 3.63) is 47.3 Å². The standard InChI is InChI=1S/C21H28N4O/c1-3-23-12-11-21-19(14-23)20(15-24(16(2)26)13-17-9-10-17)22-25(21)18-7-5-4-6-8-18/h4-8,17H,3,9-15H2,1-2H3. The van der Waals surface area contributed by atoms with E-state index in [0.717, 1.165) is 44.0 Å². The smallest absolute Gasteiger partial charge is 0.219 e. The second-order valence-corrected chi connectivity index (χ2v) is 7.58. The fraction of sp³-hybridized carbons (Fsp3) is 0.524. The number of fused-ring (bicyclic) bond motifs is 1. The van der Waals surface area contributed by atoms with Gasteiger partial charge in [0.1, 0.15) is 0 Å². The maximum Gasteiger partial charge on any atom is 0.219 e. The summed E-state index contributed by atoms with van der Waals surface area (Å²) in [6.07, 6.45) is 3.52. The first-order valence-corrected chi connectivity index (χ1v) is 9.78. The number of amides is 1. The highest BCUT2D eigenvalue weighted by Gasteiger charge is 2.29. The summed E-state index contributed by atoms with van der Waals surface area (Å²) in [6.45, 7) is 8.45. The number of likely N-dealkylation sites (N-methyl/N-ethyl adjacent to an activating group) is 1. The van der Waals surface area contributed by atoms with Gasteiger partial charge in [-0.3, -0.25) is 9.69 Å². The minimum Gasteiger partial charge on any atom is -0.337 e. The molecule has 26 heavy (non-hydrogen) atoms. The molecule has 0 saturated heterocycles. The van der Waals surface area contributed by atoms with Crippen molar-refractivity contribution in [2.45, 2.75) is 46.2 Å². The highest BCUT2D eigenvalue weighted by atomic mass is 16.2. The molecule has 0 N–H and O–H groups in total. The Morgan fingerprint density at radius 3 is 2.69 bits per heavy atom. The van der Waals surface area contributed by atoms with E-state index >= 15 is 0 Å². The Morgan fingerprint density at radius 1 is 1.27 bits per heavy atom. The van der Waals surface area contributed by atoms with Gasteiger partial charge in [-0.25, -0.2) is 4.68 Å². The monoisotopic (exact) mass is 352 g/mol. The number of hydrogen-bond acceptors (Lipinski definition) is 3. The molecule has 1 aromatic heterocycles. The van der Waals surface area contributed by atoms with Gasteiger partial charge in [0, 0.05) is 38.5 Å². The second kappa shape index (κ2) is 7.23. The second-order valence-electron chi connectivity index (χ2n) is 7.58. The fourth-order valence-electron chi connectivity index (χ4n) is 3.82. The zero-order valence-corrected chi connectivity index (χ0v) is 15.8. The highest BCUT2D eigenvalue weighted by molar-refractivity contribution is 5.73. The Bertz CT molecular complexity index is 779. The number of benzene rings is 1. The van der Waals surface area contributed by atoms with Gasteiger partial charge in [0.2, 0.25) is 5.91 Å². The Hall–Kier alpha value is -2.14. The van der Waals surface area contributed by atoms with Crippen LogP contribution >= 0.6 is 0 Å². The lowest BCUT2D eigenvalue weighted by Crippen LogP contribution is -2.33. The van der Waals surface area contributed by atoms with Crippen LogP contribution in [0, 0.1) is 5.92 Å². The van der Waals surface area contributed by atoms with Crippen LogP contribution in [-0.4, -0.2) is 45.1 Å². The van der Waals surface area contributed by atoms with Gasteiger partial charge in [-0.2, -0.15) is 5.10 Å². The lowest BCUT2D eigenvalue weighted by atomic mass is 10.0. The van der Waals surface area contributed by atoms with Gasteiger partial charge in [-0.15, -0.1) is 0 Å². The molecule has 0 bridgehead atoms. The summed E-state index contributed by atoms with van der Waals surface area (Å²) in [5.41, 5.74) is 4.81. The Morgan fingerprint density at radius 2 is 2.04 bits per heavy atom. The van der Waals surface area contributed by atoms with Crippen LogP contribution < -0.4 is 0 Å². The summed E-state index contributed by atoms with van der Waals surface area (Å²) in [5, 5.41) is 4.98. The molecule has 138 valence electrons. The van der Waals surface area contributed by atoms with E-state index in [4.69, 9.17) is 5.10 Å². The van der Waals surface area contributed by atoms with Gasteiger partial charge >= 0.3 is 0 Å². The predicted molar refractivity (Wildman–Crippen MR) is 102 cm³/mol. The zero-order chi connectivity index (χ0) is 18.1. The molecule has 5 nitrogen and oxygen atoms in total. The van der Waals surface area contributed by atoms with Crippen LogP contribution in [0.2, 0.25) is 0 Å². The van der Waals surface area contributed by atoms with E-state index in [0.29, 0.717) is 12.5 Å². The SMILES string of the molecule is CCN1CCc2c(c(CN(CC3CC3)C(C)=O)nn2-c2ccccc2)C1. The number of hydrogen-bond donors (Lipinski definition) is 0. The summed E-state index contributed by atoms with van der Waals surface area (Å²) in [4.78, 5) is 16.6. The van der Waals surface area contributed by atoms with E-state index < -0.39 is 0 Å². The Kier molecular flexibility index (Phi) is 4.81. The molecule has 5 heteroatoms. The fourth-order valence-corrected chi connectivity index (χ4v) is 3.82. The van der Waals surface area contributed by atoms with E-state index in [2.05, 4.69) is 40.8 Å². The number of carbonyl (C=O) groups excluding carboxylic acids is 1. The van der Waals surface area contributed by atoms with E-state index in [1.165, 1.54) is 24.1 Å². The lowest BCUT2D eigenvalue weighted by Gasteiger charge is -2.27. The van der Waals surface area contributed by atoms with Crippen molar-refractivity contribution in [2.75, 3.05) is 19.6 Å². The van der Waals surface area contributed by atoms with Gasteiger partial charge in [0.25, 0.3) is 0 Å². The number of para-hydroxylation sites is 1. The summed E-state index contributed by atoms with van der Waals surface area (Å²) in [7, 11) is 0. The minimum atomic E-state index is 0.156. The van der Waals surface area contributed by atoms with Gasteiger partial charge in [0.05, 0.1) is 23.6 Å². The first-order chi connectivity index (χ1) is 12.7. The van der Waals surface area contributed by atoms with Gasteiger partial charge < -0.3 is 4.90 Å². The number of rotatable bonds is 6. The van der Waals surface area contributed by atoms with Gasteiger partial charge in [0.15, 0.2) is 0 Å². The number of nitrogens with zero attached hydrogens (tertiary/aromatic N) is 4. The van der Waals surface area contributed by atoms with Crippen LogP contribution in [0.5, 0.6) is 0 Å². The Balaban J connectivity index is 1.68. The van der Waals surface area contributed by atoms with Crippen molar-refractivity contribution in [3.63, 3.8) is 0 Å². The topological polar surface area (TPSA) is 41.4 Å². The third-order valence-electron chi connectivity index (χ3n) is 5.63. The van der Waals surface area contributed by atoms with Crippen LogP contribution in [0.4, 0.5) is 0 Å². The van der Waals surface area contributed by atoms with Crippen molar-refractivity contribution in [1.82, 2.24) is 19.6 Å². The average Bonchev–Trinajstić information content (AvgIpc) is 3.41. The average molecular weight is 352 g/mol. The maximum absolute atomic E-state index is 12.2. The third kappa shape index (κ3) is 3.54. The van der Waals surface area contributed by atoms with Crippen molar-refractivity contribution < 1.29 is 4.79 Å². The molecule has 0 spiro atoms. The van der Waals surface area contributed by atoms with E-state index in [9.17, 15) is 4.79 Å². The quantitative estimate of drug-likeness (QED) is 0.802. The number of carbonyl (C=O) groups is 1. The van der Waals surface area contributed by atoms with Crippen molar-refractivity contribution in [1.29, 1.82) is 0 Å². The lowest BCUT2D eigenvalue weighted by molar-refractivity contribution is -0.129. The minimum absolute atomic E-state index is 0.156. The molecular weight excluding hydrogens is 324 g/mol. The molecule has 0 atom stereocenters. The van der Waals surface area contributed by atoms with E-state index in [1.807, 2.05) is 11.0 Å². The molecule has 2 aromatic rings. The normalized spacial score (nSPS) is 17.2. The molecule has 2 heterocycles. The molecule has 1 aromatic carbocycles. The van der Waals surface area contributed by atoms with Crippen molar-refractivity contribution in [3.8, 4) is 5.69 Å². The summed E-state index contributed by atoms with van der Waals surface area (Å²) in [5.74, 6) is 0.848. The molecule has 0 radical (unpaired) electrons. The van der Waals surface area contributed by atoms with Crippen LogP contribution in [0.3, 0.4) is 0 Å². The third-order valence-corrected chi connectivity index (χ3v) is 5.63. The van der Waals surface area contributed by atoms with Crippen molar-refractivity contribution in [2.24, 2.45) is 5.92 Å². The van der Waals surface area contributed by atoms with E-state index in [1.54, 1.807) is 6.92 Å². The summed E-state index contributed by atoms with van der Waals surface area (Å²) < 4.78 is 2.10. The number of aromatic nitrogens is 2. The molecule has 0 unspecified atom stereocenters. The van der Waals surface area contributed by atoms with Crippen LogP contribution in [0.25, 0.3) is 5.69 Å². The maximum atomic E-state index is 12.2. The first-order valence-electron chi connectivity index (χ1n) is 9.78. The largest absolute Gasteiger partial charge is 0.337 e. The summed E-state index contributed by atoms with van der Waals surface area (Å²) >= 11 is 0. The molecule has 1 aliphatic heterocycles. The van der Waals surface area contributed by atoms with Crippen LogP contribution in [0.1, 0.15) is 43.6 Å². The molecule has 2 aliphatic rings. The van der Waals surface area contributed by atoms with Gasteiger partial charge in [-0.05, 0) is 37.4 Å². The van der Waals surface area contributed by atoms with E-state index in [-0.39, 0.29) is 5.91 Å².